The van der Waals surface area contributed by atoms with Crippen LogP contribution in [0.2, 0.25) is 0 Å². The fourth-order valence-electron chi connectivity index (χ4n) is 4.87. The normalized spacial score (nSPS) is 44.4. The summed E-state index contributed by atoms with van der Waals surface area (Å²) in [5, 5.41) is 50.2. The number of fused-ring (bicyclic) bond motifs is 1. The van der Waals surface area contributed by atoms with E-state index in [1.54, 1.807) is 0 Å². The molecule has 5 unspecified atom stereocenters. The largest absolute Gasteiger partial charge is 0.497 e. The molecule has 0 aromatic heterocycles. The van der Waals surface area contributed by atoms with Crippen molar-refractivity contribution in [1.82, 2.24) is 0 Å². The summed E-state index contributed by atoms with van der Waals surface area (Å²) in [7, 11) is 0. The summed E-state index contributed by atoms with van der Waals surface area (Å²) in [6.45, 7) is 2.43. The molecule has 3 aliphatic rings. The van der Waals surface area contributed by atoms with E-state index in [-0.39, 0.29) is 23.8 Å². The number of esters is 1. The molecule has 1 saturated carbocycles. The lowest BCUT2D eigenvalue weighted by Crippen LogP contribution is -2.60. The molecule has 0 aromatic rings. The van der Waals surface area contributed by atoms with Gasteiger partial charge in [0.2, 0.25) is 0 Å². The van der Waals surface area contributed by atoms with E-state index in [1.165, 1.54) is 6.26 Å². The van der Waals surface area contributed by atoms with Crippen molar-refractivity contribution in [3.8, 4) is 0 Å². The molecule has 2 heterocycles. The summed E-state index contributed by atoms with van der Waals surface area (Å²) in [4.78, 5) is 22.8. The number of carboxylic acids is 1. The average Bonchev–Trinajstić information content (AvgIpc) is 2.96. The van der Waals surface area contributed by atoms with E-state index in [1.807, 2.05) is 6.92 Å². The Morgan fingerprint density at radius 3 is 2.45 bits per heavy atom. The molecule has 29 heavy (non-hydrogen) atoms. The predicted molar refractivity (Wildman–Crippen MR) is 95.3 cm³/mol. The summed E-state index contributed by atoms with van der Waals surface area (Å²) in [6, 6.07) is 0. The van der Waals surface area contributed by atoms with Crippen molar-refractivity contribution in [2.24, 2.45) is 17.8 Å². The molecule has 10 nitrogen and oxygen atoms in total. The van der Waals surface area contributed by atoms with Crippen LogP contribution in [0, 0.1) is 17.8 Å². The maximum atomic E-state index is 11.5. The number of rotatable bonds is 5. The first-order valence-corrected chi connectivity index (χ1v) is 9.72. The highest BCUT2D eigenvalue weighted by atomic mass is 16.6. The topological polar surface area (TPSA) is 163 Å². The molecule has 164 valence electrons. The molecule has 0 amide bonds. The van der Waals surface area contributed by atoms with Gasteiger partial charge in [-0.15, -0.1) is 0 Å². The highest BCUT2D eigenvalue weighted by Crippen LogP contribution is 2.48. The molecule has 0 aromatic carbocycles. The van der Waals surface area contributed by atoms with Crippen LogP contribution in [0.25, 0.3) is 0 Å². The summed E-state index contributed by atoms with van der Waals surface area (Å²) in [5.41, 5.74) is 0.1000. The molecule has 0 radical (unpaired) electrons. The van der Waals surface area contributed by atoms with Gasteiger partial charge >= 0.3 is 11.9 Å². The molecular weight excluding hydrogens is 388 g/mol. The molecular formula is C19H28O10. The van der Waals surface area contributed by atoms with Gasteiger partial charge < -0.3 is 39.7 Å². The first kappa shape index (κ1) is 22.0. The van der Waals surface area contributed by atoms with Crippen molar-refractivity contribution in [1.29, 1.82) is 0 Å². The van der Waals surface area contributed by atoms with Crippen LogP contribution in [0.4, 0.5) is 0 Å². The van der Waals surface area contributed by atoms with Gasteiger partial charge in [-0.2, -0.15) is 0 Å². The van der Waals surface area contributed by atoms with Crippen LogP contribution in [-0.4, -0.2) is 86.8 Å². The van der Waals surface area contributed by atoms with E-state index >= 15 is 0 Å². The van der Waals surface area contributed by atoms with Crippen LogP contribution in [0.1, 0.15) is 26.7 Å². The zero-order valence-electron chi connectivity index (χ0n) is 16.2. The van der Waals surface area contributed by atoms with Crippen molar-refractivity contribution < 1.29 is 49.3 Å². The summed E-state index contributed by atoms with van der Waals surface area (Å²) in [5.74, 6) is -2.73. The number of aliphatic hydroxyl groups excluding tert-OH is 4. The van der Waals surface area contributed by atoms with Crippen LogP contribution >= 0.6 is 0 Å². The van der Waals surface area contributed by atoms with E-state index in [0.29, 0.717) is 6.42 Å². The monoisotopic (exact) mass is 416 g/mol. The molecule has 10 heteroatoms. The number of hydrogen-bond donors (Lipinski definition) is 5. The molecule has 5 N–H and O–H groups in total. The Balaban J connectivity index is 1.78. The molecule has 2 aliphatic heterocycles. The van der Waals surface area contributed by atoms with Gasteiger partial charge in [0.1, 0.15) is 24.4 Å². The Bertz CT molecular complexity index is 661. The molecule has 0 spiro atoms. The Morgan fingerprint density at radius 1 is 1.17 bits per heavy atom. The van der Waals surface area contributed by atoms with Crippen molar-refractivity contribution >= 4 is 11.9 Å². The SMILES string of the molecule is CC(=O)OC1C(CO)OC(C[C@@H]2OC=C(C(=O)O)[C@H]3C[C@H](O)[C@H](C)[C@@H]23)C(O)C1O. The van der Waals surface area contributed by atoms with Gasteiger partial charge in [-0.25, -0.2) is 4.79 Å². The molecule has 10 atom stereocenters. The second-order valence-corrected chi connectivity index (χ2v) is 8.09. The van der Waals surface area contributed by atoms with Gasteiger partial charge in [0.25, 0.3) is 0 Å². The lowest BCUT2D eigenvalue weighted by molar-refractivity contribution is -0.244. The lowest BCUT2D eigenvalue weighted by atomic mass is 9.77. The summed E-state index contributed by atoms with van der Waals surface area (Å²) in [6.07, 6.45) is -5.73. The minimum Gasteiger partial charge on any atom is -0.497 e. The van der Waals surface area contributed by atoms with Crippen LogP contribution in [0.15, 0.2) is 11.8 Å². The van der Waals surface area contributed by atoms with Crippen LogP contribution in [-0.2, 0) is 23.8 Å². The molecule has 1 saturated heterocycles. The average molecular weight is 416 g/mol. The predicted octanol–water partition coefficient (Wildman–Crippen LogP) is -1.21. The van der Waals surface area contributed by atoms with Gasteiger partial charge in [-0.1, -0.05) is 6.92 Å². The van der Waals surface area contributed by atoms with Crippen molar-refractivity contribution in [3.05, 3.63) is 11.8 Å². The Morgan fingerprint density at radius 2 is 1.86 bits per heavy atom. The van der Waals surface area contributed by atoms with Crippen molar-refractivity contribution in [2.45, 2.75) is 69.4 Å². The maximum absolute atomic E-state index is 11.5. The number of ether oxygens (including phenoxy) is 3. The van der Waals surface area contributed by atoms with Crippen LogP contribution in [0.3, 0.4) is 0 Å². The number of aliphatic carboxylic acids is 1. The highest BCUT2D eigenvalue weighted by Gasteiger charge is 2.53. The Kier molecular flexibility index (Phi) is 6.49. The van der Waals surface area contributed by atoms with Crippen LogP contribution in [0.5, 0.6) is 0 Å². The number of carbonyl (C=O) groups is 2. The van der Waals surface area contributed by atoms with E-state index in [9.17, 15) is 35.1 Å². The van der Waals surface area contributed by atoms with Gasteiger partial charge in [-0.3, -0.25) is 4.79 Å². The molecule has 3 rings (SSSR count). The lowest BCUT2D eigenvalue weighted by Gasteiger charge is -2.44. The Hall–Kier alpha value is -1.72. The number of aliphatic hydroxyl groups is 4. The van der Waals surface area contributed by atoms with Crippen LogP contribution < -0.4 is 0 Å². The zero-order valence-corrected chi connectivity index (χ0v) is 16.2. The second kappa shape index (κ2) is 8.57. The third kappa shape index (κ3) is 4.13. The minimum atomic E-state index is -1.47. The van der Waals surface area contributed by atoms with Gasteiger partial charge in [-0.05, 0) is 12.3 Å². The van der Waals surface area contributed by atoms with Gasteiger partial charge in [0, 0.05) is 25.2 Å². The molecule has 0 bridgehead atoms. The molecule has 1 aliphatic carbocycles. The number of hydrogen-bond acceptors (Lipinski definition) is 9. The number of carbonyl (C=O) groups excluding carboxylic acids is 1. The minimum absolute atomic E-state index is 0.1000. The first-order valence-electron chi connectivity index (χ1n) is 9.72. The first-order chi connectivity index (χ1) is 13.6. The highest BCUT2D eigenvalue weighted by molar-refractivity contribution is 5.87. The fourth-order valence-corrected chi connectivity index (χ4v) is 4.87. The van der Waals surface area contributed by atoms with Crippen molar-refractivity contribution in [2.75, 3.05) is 6.61 Å². The second-order valence-electron chi connectivity index (χ2n) is 8.09. The fraction of sp³-hybridized carbons (Fsp3) is 0.789. The third-order valence-electron chi connectivity index (χ3n) is 6.35. The smallest absolute Gasteiger partial charge is 0.334 e. The molecule has 2 fully saturated rings. The van der Waals surface area contributed by atoms with Gasteiger partial charge in [0.05, 0.1) is 30.6 Å². The summed E-state index contributed by atoms with van der Waals surface area (Å²) < 4.78 is 16.3. The van der Waals surface area contributed by atoms with E-state index < -0.39 is 67.2 Å². The summed E-state index contributed by atoms with van der Waals surface area (Å²) >= 11 is 0. The van der Waals surface area contributed by atoms with Crippen molar-refractivity contribution in [3.63, 3.8) is 0 Å². The number of carboxylic acid groups (broad SMARTS) is 1. The standard InChI is InChI=1S/C19H28O10/c1-7-11(22)3-9-10(19(25)26)6-27-12(15(7)9)4-13-16(23)17(24)18(28-8(2)21)14(5-20)29-13/h6-7,9,11-18,20,22-24H,3-5H2,1-2H3,(H,25,26)/t7-,9+,11-,12-,13?,14?,15+,16?,17?,18?/m0/s1. The zero-order chi connectivity index (χ0) is 21.5. The van der Waals surface area contributed by atoms with Gasteiger partial charge in [0.15, 0.2) is 6.10 Å². The Labute approximate surface area is 167 Å². The maximum Gasteiger partial charge on any atom is 0.334 e. The third-order valence-corrected chi connectivity index (χ3v) is 6.35. The van der Waals surface area contributed by atoms with E-state index in [4.69, 9.17) is 14.2 Å². The van der Waals surface area contributed by atoms with E-state index in [2.05, 4.69) is 0 Å². The van der Waals surface area contributed by atoms with E-state index in [0.717, 1.165) is 6.92 Å². The quantitative estimate of drug-likeness (QED) is 0.344.